The molecule has 0 aliphatic heterocycles. The number of carbonyl (C=O) groups is 1. The number of ether oxygens (including phenoxy) is 1. The van der Waals surface area contributed by atoms with E-state index in [1.807, 2.05) is 19.1 Å². The van der Waals surface area contributed by atoms with Gasteiger partial charge in [0.2, 0.25) is 0 Å². The van der Waals surface area contributed by atoms with Gasteiger partial charge in [-0.05, 0) is 31.2 Å². The van der Waals surface area contributed by atoms with Crippen LogP contribution in [0.4, 0.5) is 0 Å². The third-order valence-electron chi connectivity index (χ3n) is 2.98. The maximum absolute atomic E-state index is 12.1. The normalized spacial score (nSPS) is 12.3. The second-order valence-corrected chi connectivity index (χ2v) is 4.55. The first kappa shape index (κ1) is 14.4. The van der Waals surface area contributed by atoms with Crippen molar-refractivity contribution in [2.45, 2.75) is 26.3 Å². The van der Waals surface area contributed by atoms with E-state index in [2.05, 4.69) is 5.32 Å². The maximum Gasteiger partial charge on any atom is 0.287 e. The summed E-state index contributed by atoms with van der Waals surface area (Å²) in [5.74, 6) is 2.26. The molecule has 0 aromatic carbocycles. The van der Waals surface area contributed by atoms with Crippen LogP contribution >= 0.6 is 0 Å². The molecule has 0 radical (unpaired) electrons. The molecule has 5 nitrogen and oxygen atoms in total. The zero-order valence-electron chi connectivity index (χ0n) is 11.9. The van der Waals surface area contributed by atoms with Gasteiger partial charge in [0.15, 0.2) is 5.76 Å². The van der Waals surface area contributed by atoms with Gasteiger partial charge in [-0.15, -0.1) is 0 Å². The van der Waals surface area contributed by atoms with Gasteiger partial charge < -0.3 is 18.9 Å². The van der Waals surface area contributed by atoms with Gasteiger partial charge in [-0.2, -0.15) is 0 Å². The van der Waals surface area contributed by atoms with Crippen LogP contribution in [-0.4, -0.2) is 19.6 Å². The first-order valence-electron chi connectivity index (χ1n) is 6.59. The maximum atomic E-state index is 12.1. The molecule has 0 aliphatic carbocycles. The Labute approximate surface area is 117 Å². The average molecular weight is 277 g/mol. The Hall–Kier alpha value is -2.01. The molecule has 0 saturated heterocycles. The lowest BCUT2D eigenvalue weighted by Crippen LogP contribution is -2.30. The number of furan rings is 2. The number of amides is 1. The highest BCUT2D eigenvalue weighted by Gasteiger charge is 2.20. The average Bonchev–Trinajstić information content (AvgIpc) is 3.06. The summed E-state index contributed by atoms with van der Waals surface area (Å²) in [4.78, 5) is 12.1. The van der Waals surface area contributed by atoms with Crippen molar-refractivity contribution >= 4 is 5.91 Å². The van der Waals surface area contributed by atoms with Gasteiger partial charge >= 0.3 is 0 Å². The second kappa shape index (κ2) is 6.43. The Morgan fingerprint density at radius 1 is 1.30 bits per heavy atom. The molecule has 5 heteroatoms. The van der Waals surface area contributed by atoms with Crippen LogP contribution in [0.3, 0.4) is 0 Å². The number of methoxy groups -OCH3 is 1. The molecule has 2 aromatic rings. The molecular formula is C15H19NO4. The van der Waals surface area contributed by atoms with E-state index >= 15 is 0 Å². The van der Waals surface area contributed by atoms with Crippen LogP contribution in [0.5, 0.6) is 0 Å². The lowest BCUT2D eigenvalue weighted by molar-refractivity contribution is 0.0854. The highest BCUT2D eigenvalue weighted by Crippen LogP contribution is 2.18. The standard InChI is InChI=1S/C15H19NO4/c1-4-11-6-8-13(20-11)12(9-18-3)16-15(17)14-7-5-10(2)19-14/h5-8,12H,4,9H2,1-3H3,(H,16,17)/t12-/m1/s1. The van der Waals surface area contributed by atoms with Crippen LogP contribution in [0.25, 0.3) is 0 Å². The molecule has 1 N–H and O–H groups in total. The molecule has 0 aliphatic rings. The van der Waals surface area contributed by atoms with Crippen LogP contribution in [-0.2, 0) is 11.2 Å². The Morgan fingerprint density at radius 2 is 2.10 bits per heavy atom. The minimum absolute atomic E-state index is 0.283. The van der Waals surface area contributed by atoms with E-state index in [0.717, 1.165) is 12.2 Å². The third-order valence-corrected chi connectivity index (χ3v) is 2.98. The minimum Gasteiger partial charge on any atom is -0.464 e. The summed E-state index contributed by atoms with van der Waals surface area (Å²) in [5, 5.41) is 2.85. The summed E-state index contributed by atoms with van der Waals surface area (Å²) in [6.07, 6.45) is 0.811. The summed E-state index contributed by atoms with van der Waals surface area (Å²) in [5.41, 5.74) is 0. The molecular weight excluding hydrogens is 258 g/mol. The summed E-state index contributed by atoms with van der Waals surface area (Å²) in [6.45, 7) is 4.14. The second-order valence-electron chi connectivity index (χ2n) is 4.55. The monoisotopic (exact) mass is 277 g/mol. The van der Waals surface area contributed by atoms with Gasteiger partial charge in [-0.1, -0.05) is 6.92 Å². The molecule has 2 heterocycles. The largest absolute Gasteiger partial charge is 0.464 e. The minimum atomic E-state index is -0.335. The Morgan fingerprint density at radius 3 is 2.65 bits per heavy atom. The molecule has 2 aromatic heterocycles. The van der Waals surface area contributed by atoms with Crippen LogP contribution in [0.1, 0.15) is 40.8 Å². The number of carbonyl (C=O) groups excluding carboxylic acids is 1. The number of aryl methyl sites for hydroxylation is 2. The summed E-state index contributed by atoms with van der Waals surface area (Å²) in [6, 6.07) is 6.83. The molecule has 0 unspecified atom stereocenters. The molecule has 0 spiro atoms. The number of nitrogens with one attached hydrogen (secondary N) is 1. The first-order valence-corrected chi connectivity index (χ1v) is 6.59. The number of hydrogen-bond acceptors (Lipinski definition) is 4. The topological polar surface area (TPSA) is 64.6 Å². The zero-order chi connectivity index (χ0) is 14.5. The van der Waals surface area contributed by atoms with Crippen molar-refractivity contribution in [1.29, 1.82) is 0 Å². The molecule has 1 atom stereocenters. The van der Waals surface area contributed by atoms with E-state index in [9.17, 15) is 4.79 Å². The number of rotatable bonds is 6. The van der Waals surface area contributed by atoms with Crippen LogP contribution in [0.2, 0.25) is 0 Å². The van der Waals surface area contributed by atoms with E-state index < -0.39 is 0 Å². The number of hydrogen-bond donors (Lipinski definition) is 1. The summed E-state index contributed by atoms with van der Waals surface area (Å²) >= 11 is 0. The van der Waals surface area contributed by atoms with Crippen molar-refractivity contribution in [2.24, 2.45) is 0 Å². The van der Waals surface area contributed by atoms with Gasteiger partial charge in [0.05, 0.1) is 6.61 Å². The van der Waals surface area contributed by atoms with Crippen LogP contribution in [0.15, 0.2) is 33.1 Å². The Balaban J connectivity index is 2.10. The predicted molar refractivity (Wildman–Crippen MR) is 73.6 cm³/mol. The van der Waals surface area contributed by atoms with Crippen LogP contribution in [0, 0.1) is 6.92 Å². The van der Waals surface area contributed by atoms with Gasteiger partial charge in [0.25, 0.3) is 5.91 Å². The van der Waals surface area contributed by atoms with Gasteiger partial charge in [0, 0.05) is 13.5 Å². The van der Waals surface area contributed by atoms with Crippen LogP contribution < -0.4 is 5.32 Å². The smallest absolute Gasteiger partial charge is 0.287 e. The van der Waals surface area contributed by atoms with Crippen molar-refractivity contribution in [3.8, 4) is 0 Å². The quantitative estimate of drug-likeness (QED) is 0.881. The predicted octanol–water partition coefficient (Wildman–Crippen LogP) is 2.86. The van der Waals surface area contributed by atoms with E-state index in [4.69, 9.17) is 13.6 Å². The van der Waals surface area contributed by atoms with Gasteiger partial charge in [-0.3, -0.25) is 4.79 Å². The van der Waals surface area contributed by atoms with Crippen molar-refractivity contribution < 1.29 is 18.4 Å². The zero-order valence-corrected chi connectivity index (χ0v) is 11.9. The van der Waals surface area contributed by atoms with Gasteiger partial charge in [-0.25, -0.2) is 0 Å². The molecule has 2 rings (SSSR count). The lowest BCUT2D eigenvalue weighted by Gasteiger charge is -2.14. The molecule has 0 bridgehead atoms. The lowest BCUT2D eigenvalue weighted by atomic mass is 10.2. The fourth-order valence-electron chi connectivity index (χ4n) is 1.92. The fourth-order valence-corrected chi connectivity index (χ4v) is 1.92. The molecule has 108 valence electrons. The highest BCUT2D eigenvalue weighted by molar-refractivity contribution is 5.91. The summed E-state index contributed by atoms with van der Waals surface area (Å²) in [7, 11) is 1.58. The van der Waals surface area contributed by atoms with Gasteiger partial charge in [0.1, 0.15) is 23.3 Å². The Bertz CT molecular complexity index is 570. The van der Waals surface area contributed by atoms with E-state index in [1.54, 1.807) is 26.2 Å². The van der Waals surface area contributed by atoms with E-state index in [-0.39, 0.29) is 17.7 Å². The molecule has 0 saturated carbocycles. The van der Waals surface area contributed by atoms with Crippen molar-refractivity contribution in [2.75, 3.05) is 13.7 Å². The Kier molecular flexibility index (Phi) is 4.63. The van der Waals surface area contributed by atoms with Crippen molar-refractivity contribution in [1.82, 2.24) is 5.32 Å². The highest BCUT2D eigenvalue weighted by atomic mass is 16.5. The van der Waals surface area contributed by atoms with E-state index in [0.29, 0.717) is 18.1 Å². The summed E-state index contributed by atoms with van der Waals surface area (Å²) < 4.78 is 16.1. The van der Waals surface area contributed by atoms with E-state index in [1.165, 1.54) is 0 Å². The first-order chi connectivity index (χ1) is 9.63. The van der Waals surface area contributed by atoms with Crippen molar-refractivity contribution in [3.05, 3.63) is 47.3 Å². The third kappa shape index (κ3) is 3.30. The van der Waals surface area contributed by atoms with Crippen molar-refractivity contribution in [3.63, 3.8) is 0 Å². The molecule has 0 fully saturated rings. The SMILES string of the molecule is CCc1ccc([C@@H](COC)NC(=O)c2ccc(C)o2)o1. The fraction of sp³-hybridized carbons (Fsp3) is 0.400. The molecule has 1 amide bonds. The molecule has 20 heavy (non-hydrogen) atoms.